The van der Waals surface area contributed by atoms with Crippen LogP contribution >= 0.6 is 24.4 Å². The molecular formula is C38H38N4O6S2. The molecule has 2 atom stereocenters. The van der Waals surface area contributed by atoms with Gasteiger partial charge in [-0.2, -0.15) is 0 Å². The van der Waals surface area contributed by atoms with Crippen LogP contribution in [-0.4, -0.2) is 48.6 Å². The lowest BCUT2D eigenvalue weighted by atomic mass is 9.90. The first-order valence-electron chi connectivity index (χ1n) is 16.4. The number of carbonyl (C=O) groups excluding carboxylic acids is 2. The topological polar surface area (TPSA) is 119 Å². The van der Waals surface area contributed by atoms with Crippen LogP contribution in [-0.2, 0) is 19.1 Å². The van der Waals surface area contributed by atoms with Crippen LogP contribution in [0.2, 0.25) is 0 Å². The average molecular weight is 711 g/mol. The summed E-state index contributed by atoms with van der Waals surface area (Å²) in [7, 11) is 0. The number of rotatable bonds is 11. The summed E-state index contributed by atoms with van der Waals surface area (Å²) in [6.45, 7) is 7.96. The van der Waals surface area contributed by atoms with Crippen LogP contribution in [0.15, 0.2) is 95.3 Å². The molecule has 2 heterocycles. The molecule has 4 aromatic carbocycles. The second kappa shape index (κ2) is 15.1. The van der Waals surface area contributed by atoms with E-state index in [-0.39, 0.29) is 26.4 Å². The largest absolute Gasteiger partial charge is 0.490 e. The van der Waals surface area contributed by atoms with E-state index in [2.05, 4.69) is 21.3 Å². The fourth-order valence-corrected chi connectivity index (χ4v) is 7.02. The fraction of sp³-hybridized carbons (Fsp3) is 0.263. The monoisotopic (exact) mass is 710 g/mol. The Labute approximate surface area is 301 Å². The van der Waals surface area contributed by atoms with Crippen molar-refractivity contribution in [2.75, 3.05) is 26.4 Å². The summed E-state index contributed by atoms with van der Waals surface area (Å²) in [6.07, 6.45) is 0. The van der Waals surface area contributed by atoms with Crippen LogP contribution in [0.4, 0.5) is 0 Å². The molecule has 2 aliphatic heterocycles. The number of ether oxygens (including phenoxy) is 4. The van der Waals surface area contributed by atoms with Crippen molar-refractivity contribution in [3.8, 4) is 11.5 Å². The van der Waals surface area contributed by atoms with Crippen molar-refractivity contribution in [2.45, 2.75) is 39.8 Å². The Bertz CT molecular complexity index is 1930. The van der Waals surface area contributed by atoms with Gasteiger partial charge in [0.2, 0.25) is 0 Å². The molecule has 0 radical (unpaired) electrons. The van der Waals surface area contributed by atoms with E-state index in [9.17, 15) is 9.59 Å². The Morgan fingerprint density at radius 2 is 1.02 bits per heavy atom. The minimum absolute atomic E-state index is 0.169. The lowest BCUT2D eigenvalue weighted by molar-refractivity contribution is -0.140. The van der Waals surface area contributed by atoms with Crippen molar-refractivity contribution >= 4 is 68.1 Å². The molecule has 0 bridgehead atoms. The van der Waals surface area contributed by atoms with E-state index in [1.807, 2.05) is 72.8 Å². The summed E-state index contributed by atoms with van der Waals surface area (Å²) < 4.78 is 23.8. The third-order valence-electron chi connectivity index (χ3n) is 8.57. The molecule has 0 fully saturated rings. The molecule has 0 saturated heterocycles. The maximum absolute atomic E-state index is 13.2. The summed E-state index contributed by atoms with van der Waals surface area (Å²) >= 11 is 11.0. The predicted octanol–water partition coefficient (Wildman–Crippen LogP) is 6.16. The van der Waals surface area contributed by atoms with Crippen LogP contribution in [0, 0.1) is 0 Å². The van der Waals surface area contributed by atoms with E-state index >= 15 is 0 Å². The molecule has 258 valence electrons. The number of hydrogen-bond donors (Lipinski definition) is 4. The molecule has 0 saturated carbocycles. The molecule has 4 N–H and O–H groups in total. The molecule has 50 heavy (non-hydrogen) atoms. The van der Waals surface area contributed by atoms with Crippen molar-refractivity contribution in [3.63, 3.8) is 0 Å². The van der Waals surface area contributed by atoms with Crippen LogP contribution < -0.4 is 30.7 Å². The van der Waals surface area contributed by atoms with Gasteiger partial charge in [-0.1, -0.05) is 60.7 Å². The Morgan fingerprint density at radius 1 is 0.620 bits per heavy atom. The van der Waals surface area contributed by atoms with Gasteiger partial charge in [0.25, 0.3) is 0 Å². The molecule has 2 aliphatic rings. The molecule has 12 heteroatoms. The first-order valence-corrected chi connectivity index (χ1v) is 17.2. The molecule has 10 nitrogen and oxygen atoms in total. The van der Waals surface area contributed by atoms with Gasteiger partial charge in [-0.15, -0.1) is 0 Å². The van der Waals surface area contributed by atoms with Crippen LogP contribution in [0.25, 0.3) is 21.5 Å². The van der Waals surface area contributed by atoms with Gasteiger partial charge in [0.05, 0.1) is 36.4 Å². The van der Waals surface area contributed by atoms with Gasteiger partial charge in [-0.05, 0) is 85.8 Å². The maximum atomic E-state index is 13.2. The first kappa shape index (κ1) is 34.7. The minimum Gasteiger partial charge on any atom is -0.490 e. The zero-order valence-corrected chi connectivity index (χ0v) is 29.8. The van der Waals surface area contributed by atoms with E-state index in [1.165, 1.54) is 0 Å². The normalized spacial score (nSPS) is 17.4. The third-order valence-corrected chi connectivity index (χ3v) is 9.01. The van der Waals surface area contributed by atoms with Gasteiger partial charge in [0.15, 0.2) is 10.2 Å². The maximum Gasteiger partial charge on any atom is 0.338 e. The summed E-state index contributed by atoms with van der Waals surface area (Å²) in [6, 6.07) is 22.3. The average Bonchev–Trinajstić information content (AvgIpc) is 3.09. The van der Waals surface area contributed by atoms with Gasteiger partial charge in [-0.25, -0.2) is 9.59 Å². The molecule has 0 aliphatic carbocycles. The second-order valence-electron chi connectivity index (χ2n) is 11.7. The Hall–Kier alpha value is -5.20. The molecular weight excluding hydrogens is 673 g/mol. The molecule has 6 rings (SSSR count). The number of nitrogens with one attached hydrogen (secondary N) is 4. The van der Waals surface area contributed by atoms with Gasteiger partial charge in [0.1, 0.15) is 24.7 Å². The van der Waals surface area contributed by atoms with Crippen LogP contribution in [0.5, 0.6) is 11.5 Å². The predicted molar refractivity (Wildman–Crippen MR) is 201 cm³/mol. The van der Waals surface area contributed by atoms with Gasteiger partial charge in [0, 0.05) is 22.5 Å². The van der Waals surface area contributed by atoms with Crippen molar-refractivity contribution in [2.24, 2.45) is 0 Å². The molecule has 0 aromatic heterocycles. The lowest BCUT2D eigenvalue weighted by Crippen LogP contribution is -2.45. The molecule has 0 amide bonds. The highest BCUT2D eigenvalue weighted by Gasteiger charge is 2.35. The zero-order valence-electron chi connectivity index (χ0n) is 28.2. The number of hydrogen-bond acceptors (Lipinski definition) is 8. The highest BCUT2D eigenvalue weighted by Crippen LogP contribution is 2.40. The van der Waals surface area contributed by atoms with E-state index in [4.69, 9.17) is 43.4 Å². The molecule has 4 aromatic rings. The van der Waals surface area contributed by atoms with Crippen molar-refractivity contribution in [3.05, 3.63) is 106 Å². The van der Waals surface area contributed by atoms with Crippen molar-refractivity contribution in [1.29, 1.82) is 0 Å². The standard InChI is InChI=1S/C38H38N4O6S2/c1-5-45-35(43)29-21(3)39-37(49)41-33(29)31-25-13-9-7-11-23(25)15-17-27(31)47-19-20-48-28-18-16-24-12-8-10-14-26(24)32(28)34-30(36(44)46-6-2)22(4)40-38(50)42-34/h7-18,33-34H,5-6,19-20H2,1-4H3,(H2,39,41,49)(H2,40,42,50). The van der Waals surface area contributed by atoms with Gasteiger partial charge >= 0.3 is 11.9 Å². The molecule has 0 spiro atoms. The smallest absolute Gasteiger partial charge is 0.338 e. The number of carbonyl (C=O) groups is 2. The van der Waals surface area contributed by atoms with Gasteiger partial charge in [-0.3, -0.25) is 0 Å². The second-order valence-corrected chi connectivity index (χ2v) is 12.5. The third kappa shape index (κ3) is 6.94. The number of fused-ring (bicyclic) bond motifs is 2. The Kier molecular flexibility index (Phi) is 10.5. The van der Waals surface area contributed by atoms with Crippen molar-refractivity contribution < 1.29 is 28.5 Å². The fourth-order valence-electron chi connectivity index (χ4n) is 6.48. The quantitative estimate of drug-likeness (QED) is 0.0811. The Morgan fingerprint density at radius 3 is 1.42 bits per heavy atom. The van der Waals surface area contributed by atoms with E-state index in [0.717, 1.165) is 32.7 Å². The first-order chi connectivity index (χ1) is 24.2. The summed E-state index contributed by atoms with van der Waals surface area (Å²) in [5.41, 5.74) is 3.58. The zero-order chi connectivity index (χ0) is 35.4. The highest BCUT2D eigenvalue weighted by atomic mass is 32.1. The van der Waals surface area contributed by atoms with Crippen LogP contribution in [0.1, 0.15) is 50.9 Å². The summed E-state index contributed by atoms with van der Waals surface area (Å²) in [4.78, 5) is 26.5. The SMILES string of the molecule is CCOC(=O)C1=C(C)NC(=S)NC1c1c(OCCOc2ccc3ccccc3c2C2NC(=S)NC(C)=C2C(=O)OCC)ccc2ccccc12. The van der Waals surface area contributed by atoms with Gasteiger partial charge < -0.3 is 40.2 Å². The molecule has 2 unspecified atom stereocenters. The number of thiocarbonyl (C=S) groups is 2. The Balaban J connectivity index is 1.33. The van der Waals surface area contributed by atoms with Crippen LogP contribution in [0.3, 0.4) is 0 Å². The van der Waals surface area contributed by atoms with E-state index in [0.29, 0.717) is 44.3 Å². The van der Waals surface area contributed by atoms with E-state index < -0.39 is 24.0 Å². The number of esters is 2. The van der Waals surface area contributed by atoms with E-state index in [1.54, 1.807) is 27.7 Å². The lowest BCUT2D eigenvalue weighted by Gasteiger charge is -2.32. The summed E-state index contributed by atoms with van der Waals surface area (Å²) in [5.74, 6) is 0.245. The minimum atomic E-state index is -0.622. The highest BCUT2D eigenvalue weighted by molar-refractivity contribution is 7.80. The van der Waals surface area contributed by atoms with Crippen molar-refractivity contribution in [1.82, 2.24) is 21.3 Å². The number of benzene rings is 4. The summed E-state index contributed by atoms with van der Waals surface area (Å²) in [5, 5.41) is 17.2. The number of allylic oxidation sites excluding steroid dienone is 2.